The highest BCUT2D eigenvalue weighted by molar-refractivity contribution is 6.30. The van der Waals surface area contributed by atoms with Crippen molar-refractivity contribution < 1.29 is 4.79 Å². The van der Waals surface area contributed by atoms with E-state index < -0.39 is 0 Å². The molecular formula is C30H29ClN4O. The molecule has 1 amide bonds. The minimum Gasteiger partial charge on any atom is -0.367 e. The zero-order chi connectivity index (χ0) is 24.9. The van der Waals surface area contributed by atoms with Gasteiger partial charge in [-0.3, -0.25) is 4.79 Å². The molecule has 0 atom stereocenters. The van der Waals surface area contributed by atoms with Crippen molar-refractivity contribution in [2.75, 3.05) is 29.9 Å². The van der Waals surface area contributed by atoms with Gasteiger partial charge >= 0.3 is 0 Å². The SMILES string of the molecule is Cc1ccc(Cl)cc1CN1CCNc2ncc(-c3ccc(C(=O)NCCc4ccccc4)cc3)cc21. The molecule has 1 aliphatic rings. The normalized spacial score (nSPS) is 12.6. The molecule has 0 spiro atoms. The number of hydrogen-bond donors (Lipinski definition) is 2. The van der Waals surface area contributed by atoms with Crippen LogP contribution in [-0.2, 0) is 13.0 Å². The smallest absolute Gasteiger partial charge is 0.251 e. The van der Waals surface area contributed by atoms with Crippen LogP contribution >= 0.6 is 11.6 Å². The predicted octanol–water partition coefficient (Wildman–Crippen LogP) is 6.12. The van der Waals surface area contributed by atoms with Crippen LogP contribution in [0, 0.1) is 6.92 Å². The van der Waals surface area contributed by atoms with Gasteiger partial charge in [0.15, 0.2) is 0 Å². The Balaban J connectivity index is 1.29. The van der Waals surface area contributed by atoms with Crippen molar-refractivity contribution in [1.29, 1.82) is 0 Å². The van der Waals surface area contributed by atoms with E-state index in [-0.39, 0.29) is 5.91 Å². The molecule has 6 heteroatoms. The maximum Gasteiger partial charge on any atom is 0.251 e. The van der Waals surface area contributed by atoms with Crippen LogP contribution in [0.1, 0.15) is 27.0 Å². The molecule has 1 aliphatic heterocycles. The Kier molecular flexibility index (Phi) is 7.19. The van der Waals surface area contributed by atoms with Crippen molar-refractivity contribution in [3.8, 4) is 11.1 Å². The molecule has 0 aliphatic carbocycles. The number of carbonyl (C=O) groups is 1. The van der Waals surface area contributed by atoms with Crippen LogP contribution in [0.3, 0.4) is 0 Å². The molecule has 4 aromatic rings. The maximum atomic E-state index is 12.6. The maximum absolute atomic E-state index is 12.6. The number of nitrogens with zero attached hydrogens (tertiary/aromatic N) is 2. The summed E-state index contributed by atoms with van der Waals surface area (Å²) < 4.78 is 0. The second-order valence-electron chi connectivity index (χ2n) is 9.08. The first-order valence-corrected chi connectivity index (χ1v) is 12.6. The Hall–Kier alpha value is -3.83. The van der Waals surface area contributed by atoms with Crippen LogP contribution in [0.5, 0.6) is 0 Å². The molecular weight excluding hydrogens is 468 g/mol. The summed E-state index contributed by atoms with van der Waals surface area (Å²) in [4.78, 5) is 19.6. The number of halogens is 1. The fraction of sp³-hybridized carbons (Fsp3) is 0.200. The molecule has 182 valence electrons. The minimum absolute atomic E-state index is 0.0617. The lowest BCUT2D eigenvalue weighted by molar-refractivity contribution is 0.0954. The highest BCUT2D eigenvalue weighted by Gasteiger charge is 2.20. The van der Waals surface area contributed by atoms with Gasteiger partial charge in [0.25, 0.3) is 5.91 Å². The summed E-state index contributed by atoms with van der Waals surface area (Å²) in [6.07, 6.45) is 2.69. The predicted molar refractivity (Wildman–Crippen MR) is 148 cm³/mol. The number of amides is 1. The van der Waals surface area contributed by atoms with E-state index in [2.05, 4.69) is 46.7 Å². The lowest BCUT2D eigenvalue weighted by Crippen LogP contribution is -2.34. The first kappa shape index (κ1) is 23.9. The van der Waals surface area contributed by atoms with E-state index in [9.17, 15) is 4.79 Å². The number of benzene rings is 3. The molecule has 2 heterocycles. The Morgan fingerprint density at radius 3 is 2.64 bits per heavy atom. The summed E-state index contributed by atoms with van der Waals surface area (Å²) in [5.74, 6) is 0.826. The summed E-state index contributed by atoms with van der Waals surface area (Å²) in [5, 5.41) is 7.17. The molecule has 0 bridgehead atoms. The number of pyridine rings is 1. The molecule has 0 saturated heterocycles. The molecule has 2 N–H and O–H groups in total. The molecule has 3 aromatic carbocycles. The number of rotatable bonds is 7. The zero-order valence-corrected chi connectivity index (χ0v) is 21.1. The van der Waals surface area contributed by atoms with Crippen LogP contribution in [0.25, 0.3) is 11.1 Å². The van der Waals surface area contributed by atoms with Gasteiger partial charge in [-0.15, -0.1) is 0 Å². The average molecular weight is 497 g/mol. The summed E-state index contributed by atoms with van der Waals surface area (Å²) in [7, 11) is 0. The van der Waals surface area contributed by atoms with Gasteiger partial charge in [-0.1, -0.05) is 60.1 Å². The monoisotopic (exact) mass is 496 g/mol. The van der Waals surface area contributed by atoms with E-state index >= 15 is 0 Å². The van der Waals surface area contributed by atoms with Crippen molar-refractivity contribution >= 4 is 29.0 Å². The number of carbonyl (C=O) groups excluding carboxylic acids is 1. The van der Waals surface area contributed by atoms with E-state index in [1.54, 1.807) is 0 Å². The largest absolute Gasteiger partial charge is 0.367 e. The number of anilines is 2. The van der Waals surface area contributed by atoms with Crippen molar-refractivity contribution in [1.82, 2.24) is 10.3 Å². The molecule has 1 aromatic heterocycles. The van der Waals surface area contributed by atoms with E-state index in [0.29, 0.717) is 12.1 Å². The number of aryl methyl sites for hydroxylation is 1. The third-order valence-corrected chi connectivity index (χ3v) is 6.81. The van der Waals surface area contributed by atoms with Gasteiger partial charge in [0.1, 0.15) is 5.82 Å². The highest BCUT2D eigenvalue weighted by Crippen LogP contribution is 2.33. The quantitative estimate of drug-likeness (QED) is 0.324. The van der Waals surface area contributed by atoms with Crippen molar-refractivity contribution in [2.45, 2.75) is 19.9 Å². The van der Waals surface area contributed by atoms with Crippen LogP contribution in [0.15, 0.2) is 85.1 Å². The lowest BCUT2D eigenvalue weighted by atomic mass is 10.0. The first-order valence-electron chi connectivity index (χ1n) is 12.2. The van der Waals surface area contributed by atoms with Gasteiger partial charge in [0.05, 0.1) is 5.69 Å². The van der Waals surface area contributed by atoms with E-state index in [1.807, 2.05) is 60.8 Å². The van der Waals surface area contributed by atoms with Crippen molar-refractivity contribution in [2.24, 2.45) is 0 Å². The van der Waals surface area contributed by atoms with Gasteiger partial charge in [-0.05, 0) is 65.9 Å². The first-order chi connectivity index (χ1) is 17.6. The molecule has 0 radical (unpaired) electrons. The van der Waals surface area contributed by atoms with Gasteiger partial charge in [-0.2, -0.15) is 0 Å². The molecule has 0 unspecified atom stereocenters. The summed E-state index contributed by atoms with van der Waals surface area (Å²) in [6, 6.07) is 26.1. The zero-order valence-electron chi connectivity index (χ0n) is 20.3. The molecule has 0 fully saturated rings. The number of hydrogen-bond acceptors (Lipinski definition) is 4. The van der Waals surface area contributed by atoms with E-state index in [1.165, 1.54) is 16.7 Å². The summed E-state index contributed by atoms with van der Waals surface area (Å²) in [6.45, 7) is 5.21. The fourth-order valence-corrected chi connectivity index (χ4v) is 4.67. The van der Waals surface area contributed by atoms with Crippen LogP contribution in [-0.4, -0.2) is 30.5 Å². The van der Waals surface area contributed by atoms with Gasteiger partial charge in [-0.25, -0.2) is 4.98 Å². The second kappa shape index (κ2) is 10.8. The average Bonchev–Trinajstić information content (AvgIpc) is 2.91. The molecule has 36 heavy (non-hydrogen) atoms. The van der Waals surface area contributed by atoms with Crippen LogP contribution < -0.4 is 15.5 Å². The topological polar surface area (TPSA) is 57.3 Å². The van der Waals surface area contributed by atoms with E-state index in [0.717, 1.165) is 53.7 Å². The molecule has 0 saturated carbocycles. The minimum atomic E-state index is -0.0617. The molecule has 5 nitrogen and oxygen atoms in total. The summed E-state index contributed by atoms with van der Waals surface area (Å²) >= 11 is 6.26. The number of aromatic nitrogens is 1. The van der Waals surface area contributed by atoms with Crippen LogP contribution in [0.2, 0.25) is 5.02 Å². The standard InChI is InChI=1S/C30H29ClN4O/c1-21-7-12-27(31)17-26(21)20-35-16-15-32-29-28(35)18-25(19-34-29)23-8-10-24(11-9-23)30(36)33-14-13-22-5-3-2-4-6-22/h2-12,17-19H,13-16,20H2,1H3,(H,32,34)(H,33,36). The van der Waals surface area contributed by atoms with E-state index in [4.69, 9.17) is 16.6 Å². The van der Waals surface area contributed by atoms with Crippen LogP contribution in [0.4, 0.5) is 11.5 Å². The van der Waals surface area contributed by atoms with Gasteiger partial charge in [0.2, 0.25) is 0 Å². The third-order valence-electron chi connectivity index (χ3n) is 6.58. The summed E-state index contributed by atoms with van der Waals surface area (Å²) in [5.41, 5.74) is 7.40. The Morgan fingerprint density at radius 2 is 1.83 bits per heavy atom. The Morgan fingerprint density at radius 1 is 1.03 bits per heavy atom. The van der Waals surface area contributed by atoms with Crippen molar-refractivity contribution in [3.05, 3.63) is 112 Å². The number of nitrogens with one attached hydrogen (secondary N) is 2. The highest BCUT2D eigenvalue weighted by atomic mass is 35.5. The fourth-order valence-electron chi connectivity index (χ4n) is 4.48. The molecule has 5 rings (SSSR count). The lowest BCUT2D eigenvalue weighted by Gasteiger charge is -2.32. The Labute approximate surface area is 217 Å². The van der Waals surface area contributed by atoms with Crippen molar-refractivity contribution in [3.63, 3.8) is 0 Å². The van der Waals surface area contributed by atoms with Gasteiger partial charge in [0, 0.05) is 48.5 Å². The second-order valence-corrected chi connectivity index (χ2v) is 9.52. The number of fused-ring (bicyclic) bond motifs is 1. The van der Waals surface area contributed by atoms with Gasteiger partial charge < -0.3 is 15.5 Å². The third kappa shape index (κ3) is 5.52. The Bertz CT molecular complexity index is 1360.